The maximum atomic E-state index is 5.50. The van der Waals surface area contributed by atoms with Crippen LogP contribution in [0.5, 0.6) is 0 Å². The third-order valence-corrected chi connectivity index (χ3v) is 4.02. The Balaban J connectivity index is 1.66. The molecule has 0 aliphatic carbocycles. The maximum absolute atomic E-state index is 5.50. The molecule has 1 aliphatic heterocycles. The van der Waals surface area contributed by atoms with Crippen LogP contribution in [0.2, 0.25) is 0 Å². The first-order valence-corrected chi connectivity index (χ1v) is 8.18. The fourth-order valence-corrected chi connectivity index (χ4v) is 2.77. The highest BCUT2D eigenvalue weighted by molar-refractivity contribution is 5.48. The Labute approximate surface area is 136 Å². The number of nitrogens with zero attached hydrogens (tertiary/aromatic N) is 3. The molecule has 23 heavy (non-hydrogen) atoms. The van der Waals surface area contributed by atoms with Crippen molar-refractivity contribution in [3.05, 3.63) is 42.5 Å². The molecule has 2 N–H and O–H groups in total. The monoisotopic (exact) mass is 313 g/mol. The van der Waals surface area contributed by atoms with Crippen molar-refractivity contribution in [1.82, 2.24) is 15.0 Å². The molecule has 2 atom stereocenters. The number of anilines is 2. The van der Waals surface area contributed by atoms with E-state index in [1.165, 1.54) is 5.56 Å². The number of ether oxygens (including phenoxy) is 1. The predicted molar refractivity (Wildman–Crippen MR) is 90.4 cm³/mol. The van der Waals surface area contributed by atoms with Crippen LogP contribution in [0.3, 0.4) is 0 Å². The van der Waals surface area contributed by atoms with Crippen LogP contribution in [-0.2, 0) is 4.74 Å². The highest BCUT2D eigenvalue weighted by Gasteiger charge is 2.15. The molecular weight excluding hydrogens is 290 g/mol. The summed E-state index contributed by atoms with van der Waals surface area (Å²) in [6, 6.07) is 6.55. The van der Waals surface area contributed by atoms with Crippen LogP contribution >= 0.6 is 0 Å². The number of pyridine rings is 1. The van der Waals surface area contributed by atoms with Crippen LogP contribution in [0, 0.1) is 0 Å². The lowest BCUT2D eigenvalue weighted by atomic mass is 10.1. The molecule has 0 unspecified atom stereocenters. The fourth-order valence-electron chi connectivity index (χ4n) is 2.77. The van der Waals surface area contributed by atoms with E-state index in [2.05, 4.69) is 32.5 Å². The predicted octanol–water partition coefficient (Wildman–Crippen LogP) is 3.03. The van der Waals surface area contributed by atoms with Gasteiger partial charge in [-0.3, -0.25) is 4.98 Å². The lowest BCUT2D eigenvalue weighted by Gasteiger charge is -2.24. The molecule has 0 amide bonds. The molecule has 6 nitrogen and oxygen atoms in total. The second-order valence-electron chi connectivity index (χ2n) is 5.73. The highest BCUT2D eigenvalue weighted by atomic mass is 16.5. The van der Waals surface area contributed by atoms with E-state index in [9.17, 15) is 0 Å². The summed E-state index contributed by atoms with van der Waals surface area (Å²) in [5, 5.41) is 6.90. The van der Waals surface area contributed by atoms with Crippen LogP contribution in [0.4, 0.5) is 11.6 Å². The standard InChI is InChI=1S/C17H23N5O/c1-2-15(13-5-7-18-8-6-13)22-17-10-16(19-12-20-17)21-14-4-3-9-23-11-14/h5-8,10,12,14-15H,2-4,9,11H2,1H3,(H2,19,20,21,22)/t14-,15-/m0/s1. The zero-order chi connectivity index (χ0) is 15.9. The molecule has 1 fully saturated rings. The van der Waals surface area contributed by atoms with Gasteiger partial charge in [-0.15, -0.1) is 0 Å². The molecule has 0 saturated carbocycles. The minimum atomic E-state index is 0.207. The fraction of sp³-hybridized carbons (Fsp3) is 0.471. The first kappa shape index (κ1) is 15.7. The van der Waals surface area contributed by atoms with Crippen LogP contribution in [0.1, 0.15) is 37.8 Å². The largest absolute Gasteiger partial charge is 0.379 e. The Kier molecular flexibility index (Phi) is 5.37. The summed E-state index contributed by atoms with van der Waals surface area (Å²) in [5.41, 5.74) is 1.20. The SMILES string of the molecule is CC[C@H](Nc1cc(N[C@H]2CCCOC2)ncn1)c1ccncc1. The minimum Gasteiger partial charge on any atom is -0.379 e. The van der Waals surface area contributed by atoms with E-state index in [-0.39, 0.29) is 6.04 Å². The molecule has 3 heterocycles. The van der Waals surface area contributed by atoms with Crippen molar-refractivity contribution in [1.29, 1.82) is 0 Å². The van der Waals surface area contributed by atoms with Crippen molar-refractivity contribution in [2.45, 2.75) is 38.3 Å². The van der Waals surface area contributed by atoms with Crippen LogP contribution in [-0.4, -0.2) is 34.2 Å². The van der Waals surface area contributed by atoms with Crippen molar-refractivity contribution in [2.24, 2.45) is 0 Å². The second kappa shape index (κ2) is 7.87. The number of aromatic nitrogens is 3. The van der Waals surface area contributed by atoms with Gasteiger partial charge < -0.3 is 15.4 Å². The Bertz CT molecular complexity index is 601. The Morgan fingerprint density at radius 2 is 2.09 bits per heavy atom. The van der Waals surface area contributed by atoms with Gasteiger partial charge in [-0.1, -0.05) is 6.92 Å². The van der Waals surface area contributed by atoms with E-state index >= 15 is 0 Å². The van der Waals surface area contributed by atoms with Crippen molar-refractivity contribution in [3.8, 4) is 0 Å². The summed E-state index contributed by atoms with van der Waals surface area (Å²) in [6.07, 6.45) is 8.39. The number of hydrogen-bond donors (Lipinski definition) is 2. The van der Waals surface area contributed by atoms with Crippen molar-refractivity contribution < 1.29 is 4.74 Å². The summed E-state index contributed by atoms with van der Waals surface area (Å²) in [7, 11) is 0. The van der Waals surface area contributed by atoms with E-state index < -0.39 is 0 Å². The summed E-state index contributed by atoms with van der Waals surface area (Å²) in [5.74, 6) is 1.66. The molecular formula is C17H23N5O. The first-order chi connectivity index (χ1) is 11.3. The topological polar surface area (TPSA) is 72.0 Å². The van der Waals surface area contributed by atoms with E-state index in [4.69, 9.17) is 4.74 Å². The first-order valence-electron chi connectivity index (χ1n) is 8.18. The zero-order valence-electron chi connectivity index (χ0n) is 13.4. The molecule has 6 heteroatoms. The molecule has 0 spiro atoms. The van der Waals surface area contributed by atoms with Gasteiger partial charge in [-0.2, -0.15) is 0 Å². The van der Waals surface area contributed by atoms with Gasteiger partial charge in [0.15, 0.2) is 0 Å². The van der Waals surface area contributed by atoms with Gasteiger partial charge in [0.2, 0.25) is 0 Å². The molecule has 0 radical (unpaired) electrons. The van der Waals surface area contributed by atoms with E-state index in [0.717, 1.165) is 44.1 Å². The molecule has 0 bridgehead atoms. The molecule has 2 aromatic heterocycles. The second-order valence-corrected chi connectivity index (χ2v) is 5.73. The quantitative estimate of drug-likeness (QED) is 0.854. The van der Waals surface area contributed by atoms with E-state index in [0.29, 0.717) is 6.04 Å². The van der Waals surface area contributed by atoms with E-state index in [1.807, 2.05) is 30.6 Å². The van der Waals surface area contributed by atoms with Gasteiger partial charge in [0, 0.05) is 25.1 Å². The maximum Gasteiger partial charge on any atom is 0.131 e. The van der Waals surface area contributed by atoms with E-state index in [1.54, 1.807) is 6.33 Å². The van der Waals surface area contributed by atoms with Gasteiger partial charge in [-0.05, 0) is 37.0 Å². The molecule has 1 saturated heterocycles. The average Bonchev–Trinajstić information content (AvgIpc) is 2.62. The third kappa shape index (κ3) is 4.39. The summed E-state index contributed by atoms with van der Waals surface area (Å²) >= 11 is 0. The number of hydrogen-bond acceptors (Lipinski definition) is 6. The van der Waals surface area contributed by atoms with Crippen molar-refractivity contribution in [2.75, 3.05) is 23.8 Å². The lowest BCUT2D eigenvalue weighted by Crippen LogP contribution is -2.30. The molecule has 0 aromatic carbocycles. The zero-order valence-corrected chi connectivity index (χ0v) is 13.4. The van der Waals surface area contributed by atoms with Crippen molar-refractivity contribution >= 4 is 11.6 Å². The lowest BCUT2D eigenvalue weighted by molar-refractivity contribution is 0.0875. The minimum absolute atomic E-state index is 0.207. The number of nitrogens with one attached hydrogen (secondary N) is 2. The Morgan fingerprint density at radius 1 is 1.26 bits per heavy atom. The van der Waals surface area contributed by atoms with Crippen LogP contribution < -0.4 is 10.6 Å². The molecule has 122 valence electrons. The van der Waals surface area contributed by atoms with Gasteiger partial charge in [0.05, 0.1) is 18.7 Å². The molecule has 1 aliphatic rings. The molecule has 2 aromatic rings. The Hall–Kier alpha value is -2.21. The summed E-state index contributed by atoms with van der Waals surface area (Å²) in [6.45, 7) is 3.75. The van der Waals surface area contributed by atoms with Gasteiger partial charge >= 0.3 is 0 Å². The smallest absolute Gasteiger partial charge is 0.131 e. The average molecular weight is 313 g/mol. The molecule has 3 rings (SSSR count). The van der Waals surface area contributed by atoms with Gasteiger partial charge in [-0.25, -0.2) is 9.97 Å². The van der Waals surface area contributed by atoms with Gasteiger partial charge in [0.1, 0.15) is 18.0 Å². The summed E-state index contributed by atoms with van der Waals surface area (Å²) < 4.78 is 5.50. The van der Waals surface area contributed by atoms with Crippen LogP contribution in [0.25, 0.3) is 0 Å². The third-order valence-electron chi connectivity index (χ3n) is 4.02. The van der Waals surface area contributed by atoms with Gasteiger partial charge in [0.25, 0.3) is 0 Å². The highest BCUT2D eigenvalue weighted by Crippen LogP contribution is 2.22. The number of rotatable bonds is 6. The van der Waals surface area contributed by atoms with Crippen LogP contribution in [0.15, 0.2) is 36.9 Å². The summed E-state index contributed by atoms with van der Waals surface area (Å²) in [4.78, 5) is 12.7. The Morgan fingerprint density at radius 3 is 2.83 bits per heavy atom. The normalized spacial score (nSPS) is 19.1. The van der Waals surface area contributed by atoms with Crippen molar-refractivity contribution in [3.63, 3.8) is 0 Å².